The van der Waals surface area contributed by atoms with E-state index in [1.807, 2.05) is 89.3 Å². The molecule has 0 saturated carbocycles. The molecule has 3 aromatic heterocycles. The topological polar surface area (TPSA) is 63.1 Å². The second-order valence-corrected chi connectivity index (χ2v) is 9.18. The van der Waals surface area contributed by atoms with Crippen molar-refractivity contribution in [1.82, 2.24) is 19.4 Å². The number of rotatable bonds is 4. The number of H-pyrrole nitrogens is 1. The Hall–Kier alpha value is -3.93. The van der Waals surface area contributed by atoms with Crippen molar-refractivity contribution in [1.29, 1.82) is 0 Å². The van der Waals surface area contributed by atoms with Crippen LogP contribution in [0.4, 0.5) is 0 Å². The number of imidazole rings is 1. The fourth-order valence-electron chi connectivity index (χ4n) is 4.33. The molecule has 0 fully saturated rings. The van der Waals surface area contributed by atoms with Crippen molar-refractivity contribution >= 4 is 63.1 Å². The van der Waals surface area contributed by atoms with Gasteiger partial charge in [0.15, 0.2) is 5.65 Å². The summed E-state index contributed by atoms with van der Waals surface area (Å²) in [5, 5.41) is 2.20. The summed E-state index contributed by atoms with van der Waals surface area (Å²) in [7, 11) is 0. The third-order valence-corrected chi connectivity index (χ3v) is 6.48. The van der Waals surface area contributed by atoms with Crippen molar-refractivity contribution in [3.05, 3.63) is 122 Å². The van der Waals surface area contributed by atoms with Gasteiger partial charge < -0.3 is 4.98 Å². The van der Waals surface area contributed by atoms with Crippen LogP contribution in [0.5, 0.6) is 0 Å². The first-order valence-corrected chi connectivity index (χ1v) is 11.8. The van der Waals surface area contributed by atoms with E-state index in [9.17, 15) is 4.79 Å². The van der Waals surface area contributed by atoms with E-state index < -0.39 is 5.69 Å². The van der Waals surface area contributed by atoms with E-state index >= 15 is 0 Å². The second kappa shape index (κ2) is 8.69. The number of nitrogens with zero attached hydrogens (tertiary/aromatic N) is 3. The Morgan fingerprint density at radius 3 is 2.31 bits per heavy atom. The summed E-state index contributed by atoms with van der Waals surface area (Å²) in [6, 6.07) is 25.3. The molecule has 0 aliphatic heterocycles. The molecule has 3 heterocycles. The molecule has 6 aromatic rings. The molecule has 0 saturated heterocycles. The number of aromatic nitrogens is 4. The number of pyridine rings is 1. The van der Waals surface area contributed by atoms with E-state index in [2.05, 4.69) is 16.0 Å². The molecule has 0 amide bonds. The summed E-state index contributed by atoms with van der Waals surface area (Å²) in [6.07, 6.45) is 4.49. The monoisotopic (exact) mass is 496 g/mol. The first-order chi connectivity index (χ1) is 17.0. The Labute approximate surface area is 210 Å². The molecule has 0 aliphatic carbocycles. The third-order valence-electron chi connectivity index (χ3n) is 5.98. The van der Waals surface area contributed by atoms with Gasteiger partial charge in [-0.05, 0) is 59.7 Å². The molecule has 1 N–H and O–H groups in total. The van der Waals surface area contributed by atoms with Crippen LogP contribution < -0.4 is 5.69 Å². The van der Waals surface area contributed by atoms with Gasteiger partial charge in [0.25, 0.3) is 0 Å². The summed E-state index contributed by atoms with van der Waals surface area (Å²) < 4.78 is 1.98. The minimum Gasteiger partial charge on any atom is -0.305 e. The molecule has 0 atom stereocenters. The molecule has 0 bridgehead atoms. The number of benzene rings is 3. The van der Waals surface area contributed by atoms with E-state index in [4.69, 9.17) is 28.2 Å². The maximum absolute atomic E-state index is 12.6. The molecule has 5 nitrogen and oxygen atoms in total. The third kappa shape index (κ3) is 4.09. The van der Waals surface area contributed by atoms with Crippen LogP contribution >= 0.6 is 23.2 Å². The summed E-state index contributed by atoms with van der Waals surface area (Å²) >= 11 is 12.1. The van der Waals surface area contributed by atoms with Crippen molar-refractivity contribution in [3.63, 3.8) is 0 Å². The van der Waals surface area contributed by atoms with Crippen molar-refractivity contribution < 1.29 is 0 Å². The molecule has 3 aromatic carbocycles. The summed E-state index contributed by atoms with van der Waals surface area (Å²) in [5.74, 6) is 0. The summed E-state index contributed by atoms with van der Waals surface area (Å²) in [4.78, 5) is 24.8. The zero-order chi connectivity index (χ0) is 23.9. The minimum absolute atomic E-state index is 0.419. The standard InChI is InChI=1S/C28H18Cl2N4O/c29-20-10-5-17(6-11-20)9-14-23-22-16-19(15-18-7-12-21(30)13-8-18)26-31-24-3-1-2-4-25(24)34(26)27(22)33-28(35)32-23/h1-14,16H,15H2,(H,32,33,35)/b14-9+. The van der Waals surface area contributed by atoms with Crippen molar-refractivity contribution in [2.24, 2.45) is 0 Å². The van der Waals surface area contributed by atoms with Crippen molar-refractivity contribution in [3.8, 4) is 0 Å². The molecule has 0 spiro atoms. The quantitative estimate of drug-likeness (QED) is 0.292. The number of hydrogen-bond donors (Lipinski definition) is 1. The van der Waals surface area contributed by atoms with Crippen LogP contribution in [0.2, 0.25) is 10.0 Å². The lowest BCUT2D eigenvalue weighted by Gasteiger charge is -2.10. The van der Waals surface area contributed by atoms with Gasteiger partial charge in [0.1, 0.15) is 5.65 Å². The van der Waals surface area contributed by atoms with Crippen LogP contribution in [0, 0.1) is 0 Å². The van der Waals surface area contributed by atoms with E-state index in [-0.39, 0.29) is 0 Å². The number of aromatic amines is 1. The predicted molar refractivity (Wildman–Crippen MR) is 143 cm³/mol. The number of para-hydroxylation sites is 2. The van der Waals surface area contributed by atoms with E-state index in [0.29, 0.717) is 27.8 Å². The van der Waals surface area contributed by atoms with Crippen molar-refractivity contribution in [2.75, 3.05) is 0 Å². The Morgan fingerprint density at radius 2 is 1.54 bits per heavy atom. The molecule has 0 radical (unpaired) electrons. The predicted octanol–water partition coefficient (Wildman–Crippen LogP) is 6.79. The van der Waals surface area contributed by atoms with Gasteiger partial charge in [0, 0.05) is 27.4 Å². The normalized spacial score (nSPS) is 11.8. The Bertz CT molecular complexity index is 1800. The lowest BCUT2D eigenvalue weighted by molar-refractivity contribution is 1.06. The fraction of sp³-hybridized carbons (Fsp3) is 0.0357. The van der Waals surface area contributed by atoms with E-state index in [1.54, 1.807) is 0 Å². The van der Waals surface area contributed by atoms with Gasteiger partial charge in [-0.15, -0.1) is 0 Å². The number of nitrogens with one attached hydrogen (secondary N) is 1. The average molecular weight is 497 g/mol. The number of halogens is 2. The molecule has 35 heavy (non-hydrogen) atoms. The lowest BCUT2D eigenvalue weighted by atomic mass is 10.0. The fourth-order valence-corrected chi connectivity index (χ4v) is 4.58. The van der Waals surface area contributed by atoms with Gasteiger partial charge in [-0.3, -0.25) is 4.40 Å². The minimum atomic E-state index is -0.419. The smallest absolute Gasteiger partial charge is 0.305 e. The van der Waals surface area contributed by atoms with E-state index in [0.717, 1.165) is 38.8 Å². The average Bonchev–Trinajstić information content (AvgIpc) is 3.26. The van der Waals surface area contributed by atoms with Gasteiger partial charge in [-0.1, -0.05) is 65.7 Å². The highest BCUT2D eigenvalue weighted by molar-refractivity contribution is 6.30. The van der Waals surface area contributed by atoms with Crippen LogP contribution in [0.25, 0.3) is 39.9 Å². The van der Waals surface area contributed by atoms with Gasteiger partial charge in [-0.2, -0.15) is 4.98 Å². The highest BCUT2D eigenvalue weighted by Crippen LogP contribution is 2.28. The van der Waals surface area contributed by atoms with Gasteiger partial charge in [-0.25, -0.2) is 9.78 Å². The number of fused-ring (bicyclic) bond motifs is 5. The highest BCUT2D eigenvalue weighted by atomic mass is 35.5. The van der Waals surface area contributed by atoms with Crippen LogP contribution in [-0.2, 0) is 6.42 Å². The molecular weight excluding hydrogens is 479 g/mol. The van der Waals surface area contributed by atoms with Gasteiger partial charge in [0.2, 0.25) is 0 Å². The Balaban J connectivity index is 1.62. The molecule has 6 rings (SSSR count). The summed E-state index contributed by atoms with van der Waals surface area (Å²) in [5.41, 5.74) is 6.44. The Morgan fingerprint density at radius 1 is 0.829 bits per heavy atom. The van der Waals surface area contributed by atoms with Crippen LogP contribution in [-0.4, -0.2) is 19.4 Å². The maximum atomic E-state index is 12.6. The molecule has 7 heteroatoms. The summed E-state index contributed by atoms with van der Waals surface area (Å²) in [6.45, 7) is 0. The number of hydrogen-bond acceptors (Lipinski definition) is 3. The Kier molecular flexibility index (Phi) is 5.36. The van der Waals surface area contributed by atoms with Crippen LogP contribution in [0.15, 0.2) is 83.7 Å². The first-order valence-electron chi connectivity index (χ1n) is 11.1. The molecule has 0 unspecified atom stereocenters. The molecule has 170 valence electrons. The van der Waals surface area contributed by atoms with Gasteiger partial charge in [0.05, 0.1) is 16.7 Å². The van der Waals surface area contributed by atoms with Crippen molar-refractivity contribution in [2.45, 2.75) is 6.42 Å². The maximum Gasteiger partial charge on any atom is 0.347 e. The molecular formula is C28H18Cl2N4O. The zero-order valence-electron chi connectivity index (χ0n) is 18.4. The SMILES string of the molecule is O=c1nc2c(cc(Cc3ccc(Cl)cc3)c3nc4ccccc4n32)c(/C=C/c2ccc(Cl)cc2)[nH]1. The highest BCUT2D eigenvalue weighted by Gasteiger charge is 2.16. The first kappa shape index (κ1) is 21.6. The van der Waals surface area contributed by atoms with E-state index in [1.165, 1.54) is 0 Å². The van der Waals surface area contributed by atoms with Crippen LogP contribution in [0.1, 0.15) is 22.4 Å². The second-order valence-electron chi connectivity index (χ2n) is 8.31. The molecule has 0 aliphatic rings. The lowest BCUT2D eigenvalue weighted by Crippen LogP contribution is -2.14. The van der Waals surface area contributed by atoms with Crippen LogP contribution in [0.3, 0.4) is 0 Å². The zero-order valence-corrected chi connectivity index (χ0v) is 19.9. The van der Waals surface area contributed by atoms with Gasteiger partial charge >= 0.3 is 5.69 Å². The largest absolute Gasteiger partial charge is 0.347 e.